The molecule has 0 fully saturated rings. The molecule has 0 heterocycles. The standard InChI is InChI=1S/C32H41N3O3S/c1-4-16-35(17-5-2)32(38)27-19-24(3)18-26(20-27)31(37)34-29(23-39-28-14-10-7-11-15-28)30(36)22-33-21-25-12-8-6-9-13-25/h6-15,18-20,29-30,33,36H,4-5,16-17,21-23H2,1-3H3,(H,34,37)/t29-,30+/m0/s1. The molecule has 6 nitrogen and oxygen atoms in total. The second-order valence-electron chi connectivity index (χ2n) is 9.77. The SMILES string of the molecule is CCCN(CCC)C(=O)c1cc(C)cc(C(=O)N[C@@H](CSc2ccccc2)[C@H](O)CNCc2ccccc2)c1. The van der Waals surface area contributed by atoms with Gasteiger partial charge < -0.3 is 20.6 Å². The monoisotopic (exact) mass is 547 g/mol. The van der Waals surface area contributed by atoms with E-state index in [-0.39, 0.29) is 11.8 Å². The lowest BCUT2D eigenvalue weighted by Gasteiger charge is -2.25. The fraction of sp³-hybridized carbons (Fsp3) is 0.375. The lowest BCUT2D eigenvalue weighted by molar-refractivity contribution is 0.0755. The molecule has 3 aromatic carbocycles. The van der Waals surface area contributed by atoms with Crippen molar-refractivity contribution in [3.8, 4) is 0 Å². The largest absolute Gasteiger partial charge is 0.390 e. The van der Waals surface area contributed by atoms with Crippen LogP contribution in [0.4, 0.5) is 0 Å². The van der Waals surface area contributed by atoms with Gasteiger partial charge in [0.1, 0.15) is 0 Å². The molecule has 3 rings (SSSR count). The van der Waals surface area contributed by atoms with Crippen molar-refractivity contribution in [2.75, 3.05) is 25.4 Å². The Bertz CT molecular complexity index is 1170. The molecule has 0 radical (unpaired) electrons. The minimum atomic E-state index is -0.801. The molecule has 0 unspecified atom stereocenters. The maximum absolute atomic E-state index is 13.4. The van der Waals surface area contributed by atoms with Gasteiger partial charge in [0.15, 0.2) is 0 Å². The fourth-order valence-corrected chi connectivity index (χ4v) is 5.41. The van der Waals surface area contributed by atoms with Crippen LogP contribution in [-0.4, -0.2) is 59.4 Å². The highest BCUT2D eigenvalue weighted by Gasteiger charge is 2.24. The third-order valence-corrected chi connectivity index (χ3v) is 7.47. The van der Waals surface area contributed by atoms with Crippen molar-refractivity contribution in [1.29, 1.82) is 0 Å². The quantitative estimate of drug-likeness (QED) is 0.225. The number of carbonyl (C=O) groups is 2. The number of amides is 2. The summed E-state index contributed by atoms with van der Waals surface area (Å²) in [6.07, 6.45) is 0.952. The van der Waals surface area contributed by atoms with Gasteiger partial charge in [-0.3, -0.25) is 9.59 Å². The van der Waals surface area contributed by atoms with Crippen LogP contribution in [0.15, 0.2) is 83.8 Å². The van der Waals surface area contributed by atoms with Gasteiger partial charge in [0, 0.05) is 48.0 Å². The maximum Gasteiger partial charge on any atom is 0.253 e. The summed E-state index contributed by atoms with van der Waals surface area (Å²) in [5.41, 5.74) is 2.91. The molecular formula is C32H41N3O3S. The molecule has 0 bridgehead atoms. The van der Waals surface area contributed by atoms with Gasteiger partial charge in [-0.25, -0.2) is 0 Å². The number of aliphatic hydroxyl groups excluding tert-OH is 1. The molecular weight excluding hydrogens is 506 g/mol. The number of carbonyl (C=O) groups excluding carboxylic acids is 2. The third-order valence-electron chi connectivity index (χ3n) is 6.34. The summed E-state index contributed by atoms with van der Waals surface area (Å²) < 4.78 is 0. The minimum Gasteiger partial charge on any atom is -0.390 e. The van der Waals surface area contributed by atoms with E-state index >= 15 is 0 Å². The first kappa shape index (κ1) is 30.4. The van der Waals surface area contributed by atoms with Gasteiger partial charge in [-0.15, -0.1) is 11.8 Å². The molecule has 3 N–H and O–H groups in total. The van der Waals surface area contributed by atoms with Gasteiger partial charge in [-0.1, -0.05) is 62.4 Å². The number of nitrogens with zero attached hydrogens (tertiary/aromatic N) is 1. The van der Waals surface area contributed by atoms with Gasteiger partial charge in [0.05, 0.1) is 12.1 Å². The Morgan fingerprint density at radius 2 is 1.51 bits per heavy atom. The van der Waals surface area contributed by atoms with E-state index < -0.39 is 12.1 Å². The van der Waals surface area contributed by atoms with Gasteiger partial charge in [-0.2, -0.15) is 0 Å². The summed E-state index contributed by atoms with van der Waals surface area (Å²) in [5.74, 6) is 0.145. The summed E-state index contributed by atoms with van der Waals surface area (Å²) in [5, 5.41) is 17.4. The van der Waals surface area contributed by atoms with Crippen molar-refractivity contribution in [2.24, 2.45) is 0 Å². The molecule has 0 saturated heterocycles. The number of thioether (sulfide) groups is 1. The normalized spacial score (nSPS) is 12.5. The number of aliphatic hydroxyl groups is 1. The van der Waals surface area contributed by atoms with Crippen LogP contribution < -0.4 is 10.6 Å². The summed E-state index contributed by atoms with van der Waals surface area (Å²) in [4.78, 5) is 29.6. The van der Waals surface area contributed by atoms with Gasteiger partial charge in [-0.05, 0) is 61.2 Å². The summed E-state index contributed by atoms with van der Waals surface area (Å²) in [6, 6.07) is 24.7. The predicted octanol–water partition coefficient (Wildman–Crippen LogP) is 5.30. The van der Waals surface area contributed by atoms with E-state index in [1.54, 1.807) is 23.9 Å². The molecule has 2 amide bonds. The lowest BCUT2D eigenvalue weighted by atomic mass is 10.0. The Balaban J connectivity index is 1.73. The topological polar surface area (TPSA) is 81.7 Å². The first-order valence-corrected chi connectivity index (χ1v) is 14.7. The smallest absolute Gasteiger partial charge is 0.253 e. The van der Waals surface area contributed by atoms with E-state index in [9.17, 15) is 14.7 Å². The molecule has 0 aliphatic carbocycles. The molecule has 39 heavy (non-hydrogen) atoms. The van der Waals surface area contributed by atoms with Crippen molar-refractivity contribution < 1.29 is 14.7 Å². The molecule has 0 spiro atoms. The van der Waals surface area contributed by atoms with Crippen LogP contribution in [0, 0.1) is 6.92 Å². The summed E-state index contributed by atoms with van der Waals surface area (Å²) in [6.45, 7) is 8.32. The number of aryl methyl sites for hydroxylation is 1. The average molecular weight is 548 g/mol. The Hall–Kier alpha value is -3.13. The molecule has 2 atom stereocenters. The van der Waals surface area contributed by atoms with E-state index in [1.165, 1.54) is 0 Å². The number of rotatable bonds is 15. The molecule has 0 aliphatic rings. The van der Waals surface area contributed by atoms with Gasteiger partial charge in [0.2, 0.25) is 0 Å². The Kier molecular flexibility index (Phi) is 12.5. The van der Waals surface area contributed by atoms with Crippen LogP contribution in [0.3, 0.4) is 0 Å². The zero-order valence-electron chi connectivity index (χ0n) is 23.2. The maximum atomic E-state index is 13.4. The molecule has 0 aromatic heterocycles. The first-order valence-electron chi connectivity index (χ1n) is 13.7. The second kappa shape index (κ2) is 16.1. The van der Waals surface area contributed by atoms with Crippen LogP contribution in [0.2, 0.25) is 0 Å². The second-order valence-corrected chi connectivity index (χ2v) is 10.9. The third kappa shape index (κ3) is 9.84. The summed E-state index contributed by atoms with van der Waals surface area (Å²) in [7, 11) is 0. The molecule has 208 valence electrons. The Morgan fingerprint density at radius 3 is 2.15 bits per heavy atom. The van der Waals surface area contributed by atoms with Crippen LogP contribution in [0.25, 0.3) is 0 Å². The van der Waals surface area contributed by atoms with Crippen molar-refractivity contribution in [3.05, 3.63) is 101 Å². The van der Waals surface area contributed by atoms with Gasteiger partial charge in [0.25, 0.3) is 11.8 Å². The van der Waals surface area contributed by atoms with Crippen LogP contribution in [0.1, 0.15) is 58.5 Å². The van der Waals surface area contributed by atoms with E-state index in [1.807, 2.05) is 78.6 Å². The minimum absolute atomic E-state index is 0.0576. The van der Waals surface area contributed by atoms with Crippen molar-refractivity contribution in [2.45, 2.75) is 57.2 Å². The number of hydrogen-bond acceptors (Lipinski definition) is 5. The Morgan fingerprint density at radius 1 is 0.897 bits per heavy atom. The van der Waals surface area contributed by atoms with Crippen molar-refractivity contribution in [1.82, 2.24) is 15.5 Å². The molecule has 3 aromatic rings. The molecule has 7 heteroatoms. The zero-order valence-corrected chi connectivity index (χ0v) is 24.0. The van der Waals surface area contributed by atoms with E-state index in [2.05, 4.69) is 24.5 Å². The van der Waals surface area contributed by atoms with Crippen molar-refractivity contribution in [3.63, 3.8) is 0 Å². The Labute approximate surface area is 237 Å². The molecule has 0 saturated carbocycles. The van der Waals surface area contributed by atoms with Crippen LogP contribution in [-0.2, 0) is 6.54 Å². The van der Waals surface area contributed by atoms with Crippen LogP contribution in [0.5, 0.6) is 0 Å². The summed E-state index contributed by atoms with van der Waals surface area (Å²) >= 11 is 1.59. The number of benzene rings is 3. The first-order chi connectivity index (χ1) is 18.9. The predicted molar refractivity (Wildman–Crippen MR) is 160 cm³/mol. The van der Waals surface area contributed by atoms with E-state index in [4.69, 9.17) is 0 Å². The lowest BCUT2D eigenvalue weighted by Crippen LogP contribution is -2.49. The van der Waals surface area contributed by atoms with E-state index in [0.29, 0.717) is 43.1 Å². The van der Waals surface area contributed by atoms with Gasteiger partial charge >= 0.3 is 0 Å². The zero-order chi connectivity index (χ0) is 28.0. The van der Waals surface area contributed by atoms with Crippen LogP contribution >= 0.6 is 11.8 Å². The fourth-order valence-electron chi connectivity index (χ4n) is 4.38. The average Bonchev–Trinajstić information content (AvgIpc) is 2.95. The van der Waals surface area contributed by atoms with E-state index in [0.717, 1.165) is 28.9 Å². The number of nitrogens with one attached hydrogen (secondary N) is 2. The highest BCUT2D eigenvalue weighted by molar-refractivity contribution is 7.99. The number of hydrogen-bond donors (Lipinski definition) is 3. The molecule has 0 aliphatic heterocycles. The highest BCUT2D eigenvalue weighted by Crippen LogP contribution is 2.20. The highest BCUT2D eigenvalue weighted by atomic mass is 32.2. The van der Waals surface area contributed by atoms with Crippen molar-refractivity contribution >= 4 is 23.6 Å².